The summed E-state index contributed by atoms with van der Waals surface area (Å²) in [5, 5.41) is 15.6. The van der Waals surface area contributed by atoms with Crippen molar-refractivity contribution in [1.29, 1.82) is 0 Å². The monoisotopic (exact) mass is 239 g/mol. The van der Waals surface area contributed by atoms with Crippen LogP contribution in [0.2, 0.25) is 0 Å². The van der Waals surface area contributed by atoms with Crippen molar-refractivity contribution in [3.05, 3.63) is 17.5 Å². The van der Waals surface area contributed by atoms with Crippen molar-refractivity contribution in [2.75, 3.05) is 7.05 Å². The lowest BCUT2D eigenvalue weighted by molar-refractivity contribution is 0.0765. The fraction of sp³-hybridized carbons (Fsp3) is 0.500. The fourth-order valence-corrected chi connectivity index (χ4v) is 1.45. The van der Waals surface area contributed by atoms with Crippen molar-refractivity contribution < 1.29 is 10.0 Å². The van der Waals surface area contributed by atoms with Crippen molar-refractivity contribution in [3.63, 3.8) is 0 Å². The molecule has 0 fully saturated rings. The quantitative estimate of drug-likeness (QED) is 0.334. The second kappa shape index (κ2) is 4.86. The van der Waals surface area contributed by atoms with Gasteiger partial charge in [-0.3, -0.25) is 9.48 Å². The highest BCUT2D eigenvalue weighted by molar-refractivity contribution is 5.96. The maximum Gasteiger partial charge on any atom is 0.272 e. The zero-order chi connectivity index (χ0) is 13.2. The van der Waals surface area contributed by atoms with Crippen LogP contribution in [-0.2, 0) is 7.05 Å². The van der Waals surface area contributed by atoms with Crippen LogP contribution in [0.1, 0.15) is 23.1 Å². The number of likely N-dealkylation sites (N-methyl/N-ethyl adjacent to an activating group) is 1. The molecule has 1 aromatic heterocycles. The van der Waals surface area contributed by atoms with Crippen LogP contribution in [0, 0.1) is 6.92 Å². The number of aryl methyl sites for hydroxylation is 2. The number of amidine groups is 1. The highest BCUT2D eigenvalue weighted by Gasteiger charge is 2.23. The SMILES string of the molecule is Cc1cc(C(=O)N(C)C(C)C(N)=NO)n(C)n1. The average molecular weight is 239 g/mol. The molecular formula is C10H17N5O2. The molecule has 1 aromatic rings. The molecule has 0 spiro atoms. The molecule has 7 nitrogen and oxygen atoms in total. The second-order valence-corrected chi connectivity index (χ2v) is 3.91. The molecule has 3 N–H and O–H groups in total. The van der Waals surface area contributed by atoms with E-state index in [4.69, 9.17) is 10.9 Å². The predicted octanol–water partition coefficient (Wildman–Crippen LogP) is -0.0646. The van der Waals surface area contributed by atoms with E-state index in [1.54, 1.807) is 27.1 Å². The largest absolute Gasteiger partial charge is 0.409 e. The molecule has 0 aliphatic carbocycles. The van der Waals surface area contributed by atoms with Crippen LogP contribution in [0.4, 0.5) is 0 Å². The van der Waals surface area contributed by atoms with Gasteiger partial charge in [0, 0.05) is 14.1 Å². The number of carbonyl (C=O) groups is 1. The molecule has 7 heteroatoms. The van der Waals surface area contributed by atoms with Gasteiger partial charge in [-0.25, -0.2) is 0 Å². The highest BCUT2D eigenvalue weighted by atomic mass is 16.4. The lowest BCUT2D eigenvalue weighted by Gasteiger charge is -2.23. The minimum Gasteiger partial charge on any atom is -0.409 e. The molecule has 0 saturated carbocycles. The molecular weight excluding hydrogens is 222 g/mol. The number of hydrogen-bond acceptors (Lipinski definition) is 4. The first-order valence-corrected chi connectivity index (χ1v) is 5.13. The van der Waals surface area contributed by atoms with Gasteiger partial charge < -0.3 is 15.8 Å². The van der Waals surface area contributed by atoms with E-state index in [0.717, 1.165) is 5.69 Å². The number of rotatable bonds is 3. The third kappa shape index (κ3) is 2.55. The molecule has 1 heterocycles. The second-order valence-electron chi connectivity index (χ2n) is 3.91. The number of oxime groups is 1. The van der Waals surface area contributed by atoms with E-state index >= 15 is 0 Å². The Morgan fingerprint density at radius 3 is 2.71 bits per heavy atom. The Balaban J connectivity index is 2.94. The Kier molecular flexibility index (Phi) is 3.72. The standard InChI is InChI=1S/C10H17N5O2/c1-6-5-8(15(4)12-6)10(16)14(3)7(2)9(11)13-17/h5,7,17H,1-4H3,(H2,11,13). The van der Waals surface area contributed by atoms with E-state index in [1.807, 2.05) is 6.92 Å². The van der Waals surface area contributed by atoms with Gasteiger partial charge in [0.15, 0.2) is 5.84 Å². The molecule has 1 unspecified atom stereocenters. The van der Waals surface area contributed by atoms with Crippen LogP contribution in [0.5, 0.6) is 0 Å². The summed E-state index contributed by atoms with van der Waals surface area (Å²) in [7, 11) is 3.29. The predicted molar refractivity (Wildman–Crippen MR) is 62.9 cm³/mol. The van der Waals surface area contributed by atoms with E-state index in [0.29, 0.717) is 5.69 Å². The van der Waals surface area contributed by atoms with Crippen LogP contribution in [-0.4, -0.2) is 44.7 Å². The summed E-state index contributed by atoms with van der Waals surface area (Å²) in [5.41, 5.74) is 6.69. The molecule has 94 valence electrons. The van der Waals surface area contributed by atoms with Crippen molar-refractivity contribution >= 4 is 11.7 Å². The molecule has 0 radical (unpaired) electrons. The summed E-state index contributed by atoms with van der Waals surface area (Å²) in [5.74, 6) is -0.244. The molecule has 1 amide bonds. The maximum absolute atomic E-state index is 12.1. The first kappa shape index (κ1) is 13.0. The highest BCUT2D eigenvalue weighted by Crippen LogP contribution is 2.08. The Hall–Kier alpha value is -2.05. The minimum atomic E-state index is -0.484. The van der Waals surface area contributed by atoms with Gasteiger partial charge in [0.1, 0.15) is 5.69 Å². The van der Waals surface area contributed by atoms with Gasteiger partial charge in [-0.05, 0) is 19.9 Å². The third-order valence-electron chi connectivity index (χ3n) is 2.67. The molecule has 1 rings (SSSR count). The minimum absolute atomic E-state index is 0.0141. The summed E-state index contributed by atoms with van der Waals surface area (Å²) in [6, 6.07) is 1.21. The molecule has 0 aromatic carbocycles. The zero-order valence-corrected chi connectivity index (χ0v) is 10.4. The average Bonchev–Trinajstić information content (AvgIpc) is 2.64. The molecule has 1 atom stereocenters. The van der Waals surface area contributed by atoms with E-state index in [2.05, 4.69) is 10.3 Å². The third-order valence-corrected chi connectivity index (χ3v) is 2.67. The van der Waals surface area contributed by atoms with Gasteiger partial charge in [-0.2, -0.15) is 5.10 Å². The molecule has 17 heavy (non-hydrogen) atoms. The van der Waals surface area contributed by atoms with Crippen LogP contribution >= 0.6 is 0 Å². The van der Waals surface area contributed by atoms with E-state index < -0.39 is 6.04 Å². The van der Waals surface area contributed by atoms with Gasteiger partial charge in [-0.15, -0.1) is 0 Å². The smallest absolute Gasteiger partial charge is 0.272 e. The van der Waals surface area contributed by atoms with Crippen molar-refractivity contribution in [2.45, 2.75) is 19.9 Å². The number of nitrogens with two attached hydrogens (primary N) is 1. The molecule has 0 bridgehead atoms. The van der Waals surface area contributed by atoms with Gasteiger partial charge >= 0.3 is 0 Å². The molecule has 0 saturated heterocycles. The van der Waals surface area contributed by atoms with Crippen LogP contribution < -0.4 is 5.73 Å². The Morgan fingerprint density at radius 2 is 2.29 bits per heavy atom. The van der Waals surface area contributed by atoms with E-state index in [9.17, 15) is 4.79 Å². The summed E-state index contributed by atoms with van der Waals surface area (Å²) in [6.07, 6.45) is 0. The van der Waals surface area contributed by atoms with Crippen LogP contribution in [0.3, 0.4) is 0 Å². The zero-order valence-electron chi connectivity index (χ0n) is 10.4. The Labute approximate surface area is 99.5 Å². The lowest BCUT2D eigenvalue weighted by Crippen LogP contribution is -2.44. The maximum atomic E-state index is 12.1. The number of aromatic nitrogens is 2. The number of carbonyl (C=O) groups excluding carboxylic acids is 1. The summed E-state index contributed by atoms with van der Waals surface area (Å²) < 4.78 is 1.51. The first-order valence-electron chi connectivity index (χ1n) is 5.13. The van der Waals surface area contributed by atoms with Crippen LogP contribution in [0.15, 0.2) is 11.2 Å². The molecule has 0 aliphatic rings. The topological polar surface area (TPSA) is 96.7 Å². The summed E-state index contributed by atoms with van der Waals surface area (Å²) in [6.45, 7) is 3.49. The number of nitrogens with zero attached hydrogens (tertiary/aromatic N) is 4. The number of hydrogen-bond donors (Lipinski definition) is 2. The molecule has 0 aliphatic heterocycles. The van der Waals surface area contributed by atoms with Crippen LogP contribution in [0.25, 0.3) is 0 Å². The van der Waals surface area contributed by atoms with E-state index in [-0.39, 0.29) is 11.7 Å². The van der Waals surface area contributed by atoms with Gasteiger partial charge in [-0.1, -0.05) is 5.16 Å². The fourth-order valence-electron chi connectivity index (χ4n) is 1.45. The van der Waals surface area contributed by atoms with Gasteiger partial charge in [0.25, 0.3) is 5.91 Å². The Morgan fingerprint density at radius 1 is 1.71 bits per heavy atom. The van der Waals surface area contributed by atoms with Crippen molar-refractivity contribution in [3.8, 4) is 0 Å². The van der Waals surface area contributed by atoms with Gasteiger partial charge in [0.2, 0.25) is 0 Å². The summed E-state index contributed by atoms with van der Waals surface area (Å²) in [4.78, 5) is 13.5. The summed E-state index contributed by atoms with van der Waals surface area (Å²) >= 11 is 0. The first-order chi connectivity index (χ1) is 7.88. The normalized spacial score (nSPS) is 13.5. The Bertz CT molecular complexity index is 452. The van der Waals surface area contributed by atoms with Crippen molar-refractivity contribution in [1.82, 2.24) is 14.7 Å². The lowest BCUT2D eigenvalue weighted by atomic mass is 10.2. The van der Waals surface area contributed by atoms with Gasteiger partial charge in [0.05, 0.1) is 11.7 Å². The number of amides is 1. The van der Waals surface area contributed by atoms with Crippen molar-refractivity contribution in [2.24, 2.45) is 17.9 Å². The van der Waals surface area contributed by atoms with E-state index in [1.165, 1.54) is 9.58 Å².